The maximum absolute atomic E-state index is 4.35. The van der Waals surface area contributed by atoms with Crippen molar-refractivity contribution in [2.24, 2.45) is 7.05 Å². The van der Waals surface area contributed by atoms with Crippen molar-refractivity contribution in [3.8, 4) is 0 Å². The van der Waals surface area contributed by atoms with Crippen molar-refractivity contribution in [2.75, 3.05) is 0 Å². The van der Waals surface area contributed by atoms with Gasteiger partial charge >= 0.3 is 0 Å². The summed E-state index contributed by atoms with van der Waals surface area (Å²) in [6.07, 6.45) is 7.42. The van der Waals surface area contributed by atoms with Crippen molar-refractivity contribution in [3.63, 3.8) is 0 Å². The van der Waals surface area contributed by atoms with Crippen molar-refractivity contribution < 1.29 is 0 Å². The average molecular weight is 230 g/mol. The Bertz CT molecular complexity index is 463. The SMILES string of the molecule is CC(N[C@@H](C)c1ccncc1)c1nccn1C. The first-order chi connectivity index (χ1) is 8.18. The van der Waals surface area contributed by atoms with Gasteiger partial charge in [-0.1, -0.05) is 0 Å². The Morgan fingerprint density at radius 2 is 1.82 bits per heavy atom. The molecule has 0 aliphatic carbocycles. The summed E-state index contributed by atoms with van der Waals surface area (Å²) in [6, 6.07) is 4.56. The molecule has 17 heavy (non-hydrogen) atoms. The second-order valence-corrected chi connectivity index (χ2v) is 4.29. The van der Waals surface area contributed by atoms with Crippen molar-refractivity contribution in [3.05, 3.63) is 48.3 Å². The molecule has 2 aromatic rings. The molecule has 0 aromatic carbocycles. The van der Waals surface area contributed by atoms with Gasteiger partial charge in [-0.05, 0) is 31.5 Å². The van der Waals surface area contributed by atoms with Gasteiger partial charge in [0.15, 0.2) is 0 Å². The minimum atomic E-state index is 0.221. The van der Waals surface area contributed by atoms with Crippen LogP contribution < -0.4 is 5.32 Å². The lowest BCUT2D eigenvalue weighted by molar-refractivity contribution is 0.467. The van der Waals surface area contributed by atoms with Gasteiger partial charge in [-0.25, -0.2) is 4.98 Å². The molecule has 1 unspecified atom stereocenters. The second kappa shape index (κ2) is 5.10. The summed E-state index contributed by atoms with van der Waals surface area (Å²) in [7, 11) is 2.01. The van der Waals surface area contributed by atoms with E-state index in [4.69, 9.17) is 0 Å². The summed E-state index contributed by atoms with van der Waals surface area (Å²) in [6.45, 7) is 4.27. The van der Waals surface area contributed by atoms with E-state index >= 15 is 0 Å². The number of nitrogens with one attached hydrogen (secondary N) is 1. The number of hydrogen-bond acceptors (Lipinski definition) is 3. The fraction of sp³-hybridized carbons (Fsp3) is 0.385. The smallest absolute Gasteiger partial charge is 0.125 e. The molecule has 0 fully saturated rings. The molecule has 90 valence electrons. The van der Waals surface area contributed by atoms with E-state index in [1.807, 2.05) is 48.5 Å². The van der Waals surface area contributed by atoms with Gasteiger partial charge in [-0.3, -0.25) is 4.98 Å². The van der Waals surface area contributed by atoms with E-state index in [0.717, 1.165) is 5.82 Å². The zero-order chi connectivity index (χ0) is 12.3. The molecule has 0 spiro atoms. The topological polar surface area (TPSA) is 42.7 Å². The lowest BCUT2D eigenvalue weighted by atomic mass is 10.1. The van der Waals surface area contributed by atoms with Crippen LogP contribution in [0.25, 0.3) is 0 Å². The fourth-order valence-electron chi connectivity index (χ4n) is 1.99. The molecule has 2 atom stereocenters. The Morgan fingerprint density at radius 3 is 2.41 bits per heavy atom. The standard InChI is InChI=1S/C13H18N4/c1-10(12-4-6-14-7-5-12)16-11(2)13-15-8-9-17(13)3/h4-11,16H,1-3H3/t10-,11?/m0/s1. The van der Waals surface area contributed by atoms with Crippen molar-refractivity contribution in [1.29, 1.82) is 0 Å². The molecule has 1 N–H and O–H groups in total. The monoisotopic (exact) mass is 230 g/mol. The fourth-order valence-corrected chi connectivity index (χ4v) is 1.99. The van der Waals surface area contributed by atoms with Crippen LogP contribution in [0.2, 0.25) is 0 Å². The van der Waals surface area contributed by atoms with Gasteiger partial charge in [0, 0.05) is 37.9 Å². The minimum Gasteiger partial charge on any atom is -0.337 e. The highest BCUT2D eigenvalue weighted by Gasteiger charge is 2.13. The van der Waals surface area contributed by atoms with Gasteiger partial charge in [-0.2, -0.15) is 0 Å². The molecule has 0 saturated carbocycles. The molecule has 0 radical (unpaired) electrons. The van der Waals surface area contributed by atoms with Gasteiger partial charge in [0.2, 0.25) is 0 Å². The van der Waals surface area contributed by atoms with Crippen LogP contribution in [0, 0.1) is 0 Å². The largest absolute Gasteiger partial charge is 0.337 e. The quantitative estimate of drug-likeness (QED) is 0.875. The molecule has 2 aromatic heterocycles. The molecule has 2 heterocycles. The van der Waals surface area contributed by atoms with Crippen molar-refractivity contribution in [1.82, 2.24) is 19.9 Å². The number of rotatable bonds is 4. The Morgan fingerprint density at radius 1 is 1.12 bits per heavy atom. The van der Waals surface area contributed by atoms with Crippen LogP contribution in [0.4, 0.5) is 0 Å². The van der Waals surface area contributed by atoms with Crippen molar-refractivity contribution in [2.45, 2.75) is 25.9 Å². The lowest BCUT2D eigenvalue weighted by Crippen LogP contribution is -2.24. The Hall–Kier alpha value is -1.68. The first kappa shape index (κ1) is 11.8. The van der Waals surface area contributed by atoms with Crippen LogP contribution in [-0.2, 0) is 7.05 Å². The van der Waals surface area contributed by atoms with Crippen LogP contribution >= 0.6 is 0 Å². The second-order valence-electron chi connectivity index (χ2n) is 4.29. The summed E-state index contributed by atoms with van der Waals surface area (Å²) < 4.78 is 2.04. The summed E-state index contributed by atoms with van der Waals surface area (Å²) in [5.41, 5.74) is 1.24. The number of aromatic nitrogens is 3. The zero-order valence-corrected chi connectivity index (χ0v) is 10.5. The highest BCUT2D eigenvalue weighted by molar-refractivity contribution is 5.14. The van der Waals surface area contributed by atoms with E-state index in [9.17, 15) is 0 Å². The average Bonchev–Trinajstić information content (AvgIpc) is 2.76. The normalized spacial score (nSPS) is 14.5. The third kappa shape index (κ3) is 2.71. The molecule has 0 amide bonds. The molecule has 0 bridgehead atoms. The van der Waals surface area contributed by atoms with Crippen molar-refractivity contribution >= 4 is 0 Å². The van der Waals surface area contributed by atoms with Gasteiger partial charge < -0.3 is 9.88 Å². The molecular weight excluding hydrogens is 212 g/mol. The lowest BCUT2D eigenvalue weighted by Gasteiger charge is -2.20. The predicted octanol–water partition coefficient (Wildman–Crippen LogP) is 2.23. The molecule has 0 saturated heterocycles. The third-order valence-corrected chi connectivity index (χ3v) is 2.95. The van der Waals surface area contributed by atoms with Crippen LogP contribution in [0.5, 0.6) is 0 Å². The van der Waals surface area contributed by atoms with E-state index in [0.29, 0.717) is 0 Å². The predicted molar refractivity (Wildman–Crippen MR) is 67.4 cm³/mol. The first-order valence-corrected chi connectivity index (χ1v) is 5.81. The molecule has 0 aliphatic heterocycles. The van der Waals surface area contributed by atoms with Crippen LogP contribution in [-0.4, -0.2) is 14.5 Å². The number of aryl methyl sites for hydroxylation is 1. The van der Waals surface area contributed by atoms with Gasteiger partial charge in [0.25, 0.3) is 0 Å². The third-order valence-electron chi connectivity index (χ3n) is 2.95. The summed E-state index contributed by atoms with van der Waals surface area (Å²) >= 11 is 0. The highest BCUT2D eigenvalue weighted by atomic mass is 15.1. The summed E-state index contributed by atoms with van der Waals surface area (Å²) in [4.78, 5) is 8.38. The Balaban J connectivity index is 2.05. The Labute approximate surface area is 102 Å². The van der Waals surface area contributed by atoms with Gasteiger partial charge in [-0.15, -0.1) is 0 Å². The first-order valence-electron chi connectivity index (χ1n) is 5.81. The molecular formula is C13H18N4. The molecule has 0 aliphatic rings. The molecule has 4 nitrogen and oxygen atoms in total. The molecule has 4 heteroatoms. The highest BCUT2D eigenvalue weighted by Crippen LogP contribution is 2.17. The Kier molecular flexibility index (Phi) is 3.54. The van der Waals surface area contributed by atoms with Gasteiger partial charge in [0.05, 0.1) is 6.04 Å². The van der Waals surface area contributed by atoms with Gasteiger partial charge in [0.1, 0.15) is 5.82 Å². The number of pyridine rings is 1. The van der Waals surface area contributed by atoms with E-state index in [2.05, 4.69) is 29.1 Å². The minimum absolute atomic E-state index is 0.221. The van der Waals surface area contributed by atoms with E-state index in [-0.39, 0.29) is 12.1 Å². The maximum atomic E-state index is 4.35. The number of imidazole rings is 1. The zero-order valence-electron chi connectivity index (χ0n) is 10.5. The van der Waals surface area contributed by atoms with E-state index in [1.165, 1.54) is 5.56 Å². The molecule has 2 rings (SSSR count). The van der Waals surface area contributed by atoms with E-state index in [1.54, 1.807) is 0 Å². The maximum Gasteiger partial charge on any atom is 0.125 e. The van der Waals surface area contributed by atoms with Crippen LogP contribution in [0.1, 0.15) is 37.3 Å². The summed E-state index contributed by atoms with van der Waals surface area (Å²) in [5.74, 6) is 1.05. The summed E-state index contributed by atoms with van der Waals surface area (Å²) in [5, 5.41) is 3.53. The number of nitrogens with zero attached hydrogens (tertiary/aromatic N) is 3. The van der Waals surface area contributed by atoms with Crippen LogP contribution in [0.15, 0.2) is 36.9 Å². The van der Waals surface area contributed by atoms with E-state index < -0.39 is 0 Å². The van der Waals surface area contributed by atoms with Crippen LogP contribution in [0.3, 0.4) is 0 Å². The number of hydrogen-bond donors (Lipinski definition) is 1.